The molecule has 1 aliphatic carbocycles. The van der Waals surface area contributed by atoms with Gasteiger partial charge in [0.15, 0.2) is 0 Å². The summed E-state index contributed by atoms with van der Waals surface area (Å²) in [5.41, 5.74) is 1.78. The molecule has 204 valence electrons. The van der Waals surface area contributed by atoms with E-state index in [4.69, 9.17) is 4.74 Å². The van der Waals surface area contributed by atoms with Crippen LogP contribution in [0, 0.1) is 12.7 Å². The van der Waals surface area contributed by atoms with Crippen molar-refractivity contribution in [2.75, 3.05) is 26.2 Å². The van der Waals surface area contributed by atoms with Crippen molar-refractivity contribution in [3.05, 3.63) is 77.6 Å². The van der Waals surface area contributed by atoms with E-state index in [2.05, 4.69) is 16.8 Å². The van der Waals surface area contributed by atoms with Crippen LogP contribution in [0.5, 0.6) is 5.75 Å². The smallest absolute Gasteiger partial charge is 0.251 e. The minimum Gasteiger partial charge on any atom is -0.484 e. The Labute approximate surface area is 224 Å². The SMILES string of the molecule is C=CC(=O)N1CCN(C[C@H](Oc2ccc(C(=O)N[C@@H]3CCCC[C@H]3O)cc2)c2ccc(C)c(F)c2)C[C@H]1C. The molecule has 1 heterocycles. The van der Waals surface area contributed by atoms with Gasteiger partial charge < -0.3 is 20.1 Å². The number of nitrogens with one attached hydrogen (secondary N) is 1. The summed E-state index contributed by atoms with van der Waals surface area (Å²) in [6.07, 6.45) is 3.84. The van der Waals surface area contributed by atoms with Gasteiger partial charge in [-0.3, -0.25) is 14.5 Å². The molecule has 2 fully saturated rings. The first-order valence-corrected chi connectivity index (χ1v) is 13.4. The van der Waals surface area contributed by atoms with E-state index in [1.807, 2.05) is 13.0 Å². The molecule has 38 heavy (non-hydrogen) atoms. The minimum atomic E-state index is -0.509. The highest BCUT2D eigenvalue weighted by Crippen LogP contribution is 2.26. The molecule has 2 N–H and O–H groups in total. The van der Waals surface area contributed by atoms with Gasteiger partial charge in [0.2, 0.25) is 5.91 Å². The molecule has 0 radical (unpaired) electrons. The standard InChI is InChI=1S/C30H38FN3O4/c1-4-29(36)34-16-15-33(18-21(34)3)19-28(23-10-9-20(2)25(31)17-23)38-24-13-11-22(12-14-24)30(37)32-26-7-5-6-8-27(26)35/h4,9-14,17,21,26-28,35H,1,5-8,15-16,18-19H2,2-3H3,(H,32,37)/t21-,26-,27-,28+/m1/s1. The number of benzene rings is 2. The molecule has 1 aliphatic heterocycles. The zero-order chi connectivity index (χ0) is 27.2. The largest absolute Gasteiger partial charge is 0.484 e. The second-order valence-electron chi connectivity index (χ2n) is 10.4. The van der Waals surface area contributed by atoms with Gasteiger partial charge in [-0.1, -0.05) is 31.6 Å². The molecule has 1 saturated carbocycles. The maximum Gasteiger partial charge on any atom is 0.251 e. The lowest BCUT2D eigenvalue weighted by Crippen LogP contribution is -2.54. The highest BCUT2D eigenvalue weighted by Gasteiger charge is 2.29. The first-order chi connectivity index (χ1) is 18.2. The number of aliphatic hydroxyl groups excluding tert-OH is 1. The van der Waals surface area contributed by atoms with Crippen LogP contribution in [0.15, 0.2) is 55.1 Å². The molecule has 0 unspecified atom stereocenters. The van der Waals surface area contributed by atoms with Gasteiger partial charge in [-0.25, -0.2) is 4.39 Å². The van der Waals surface area contributed by atoms with E-state index in [0.717, 1.165) is 24.8 Å². The maximum absolute atomic E-state index is 14.5. The van der Waals surface area contributed by atoms with Crippen molar-refractivity contribution in [2.24, 2.45) is 0 Å². The van der Waals surface area contributed by atoms with Gasteiger partial charge in [0.05, 0.1) is 12.1 Å². The predicted octanol–water partition coefficient (Wildman–Crippen LogP) is 4.01. The average Bonchev–Trinajstić information content (AvgIpc) is 2.91. The molecule has 7 nitrogen and oxygen atoms in total. The highest BCUT2D eigenvalue weighted by atomic mass is 19.1. The number of halogens is 1. The van der Waals surface area contributed by atoms with E-state index in [0.29, 0.717) is 49.5 Å². The lowest BCUT2D eigenvalue weighted by atomic mass is 9.92. The molecule has 8 heteroatoms. The van der Waals surface area contributed by atoms with E-state index in [1.165, 1.54) is 12.1 Å². The Morgan fingerprint density at radius 2 is 1.92 bits per heavy atom. The third-order valence-electron chi connectivity index (χ3n) is 7.60. The number of carbonyl (C=O) groups excluding carboxylic acids is 2. The Morgan fingerprint density at radius 3 is 2.58 bits per heavy atom. The number of aryl methyl sites for hydroxylation is 1. The van der Waals surface area contributed by atoms with Crippen molar-refractivity contribution >= 4 is 11.8 Å². The first kappa shape index (κ1) is 27.8. The monoisotopic (exact) mass is 523 g/mol. The topological polar surface area (TPSA) is 82.1 Å². The fourth-order valence-corrected chi connectivity index (χ4v) is 5.28. The predicted molar refractivity (Wildman–Crippen MR) is 144 cm³/mol. The molecule has 4 rings (SSSR count). The maximum atomic E-state index is 14.5. The molecule has 2 aliphatic rings. The number of carbonyl (C=O) groups is 2. The van der Waals surface area contributed by atoms with Crippen molar-refractivity contribution in [3.63, 3.8) is 0 Å². The summed E-state index contributed by atoms with van der Waals surface area (Å²) in [6.45, 7) is 9.76. The first-order valence-electron chi connectivity index (χ1n) is 13.4. The fourth-order valence-electron chi connectivity index (χ4n) is 5.28. The van der Waals surface area contributed by atoms with Crippen LogP contribution in [0.1, 0.15) is 60.2 Å². The Bertz CT molecular complexity index is 1140. The van der Waals surface area contributed by atoms with Crippen LogP contribution in [-0.4, -0.2) is 71.1 Å². The third kappa shape index (κ3) is 6.79. The number of amides is 2. The lowest BCUT2D eigenvalue weighted by molar-refractivity contribution is -0.130. The summed E-state index contributed by atoms with van der Waals surface area (Å²) in [7, 11) is 0. The number of ether oxygens (including phenoxy) is 1. The number of rotatable bonds is 8. The molecule has 4 atom stereocenters. The van der Waals surface area contributed by atoms with Gasteiger partial charge in [0, 0.05) is 37.8 Å². The van der Waals surface area contributed by atoms with E-state index < -0.39 is 12.2 Å². The number of piperazine rings is 1. The Balaban J connectivity index is 1.45. The number of aliphatic hydroxyl groups is 1. The lowest BCUT2D eigenvalue weighted by Gasteiger charge is -2.40. The van der Waals surface area contributed by atoms with Gasteiger partial charge in [-0.2, -0.15) is 0 Å². The molecule has 2 aromatic carbocycles. The fraction of sp³-hybridized carbons (Fsp3) is 0.467. The van der Waals surface area contributed by atoms with Crippen molar-refractivity contribution in [1.82, 2.24) is 15.1 Å². The van der Waals surface area contributed by atoms with Crippen LogP contribution in [-0.2, 0) is 4.79 Å². The van der Waals surface area contributed by atoms with Crippen LogP contribution < -0.4 is 10.1 Å². The molecule has 2 aromatic rings. The molecular weight excluding hydrogens is 485 g/mol. The summed E-state index contributed by atoms with van der Waals surface area (Å²) in [4.78, 5) is 28.9. The van der Waals surface area contributed by atoms with E-state index in [-0.39, 0.29) is 29.7 Å². The average molecular weight is 524 g/mol. The van der Waals surface area contributed by atoms with Gasteiger partial charge in [0.1, 0.15) is 17.7 Å². The van der Waals surface area contributed by atoms with Gasteiger partial charge in [0.25, 0.3) is 5.91 Å². The minimum absolute atomic E-state index is 0.0186. The Hall–Kier alpha value is -3.23. The van der Waals surface area contributed by atoms with Crippen LogP contribution in [0.3, 0.4) is 0 Å². The highest BCUT2D eigenvalue weighted by molar-refractivity contribution is 5.94. The van der Waals surface area contributed by atoms with Crippen molar-refractivity contribution in [2.45, 2.75) is 63.8 Å². The molecule has 0 bridgehead atoms. The van der Waals surface area contributed by atoms with E-state index in [9.17, 15) is 19.1 Å². The number of hydrogen-bond donors (Lipinski definition) is 2. The molecular formula is C30H38FN3O4. The Kier molecular flexibility index (Phi) is 9.17. The second kappa shape index (κ2) is 12.5. The zero-order valence-corrected chi connectivity index (χ0v) is 22.2. The summed E-state index contributed by atoms with van der Waals surface area (Å²) in [5.74, 6) is -0.0187. The van der Waals surface area contributed by atoms with Gasteiger partial charge >= 0.3 is 0 Å². The molecule has 0 aromatic heterocycles. The normalized spacial score (nSPS) is 22.9. The summed E-state index contributed by atoms with van der Waals surface area (Å²) in [6, 6.07) is 11.8. The number of hydrogen-bond acceptors (Lipinski definition) is 5. The molecule has 2 amide bonds. The van der Waals surface area contributed by atoms with Crippen molar-refractivity contribution in [1.29, 1.82) is 0 Å². The summed E-state index contributed by atoms with van der Waals surface area (Å²) in [5, 5.41) is 13.1. The Morgan fingerprint density at radius 1 is 1.18 bits per heavy atom. The van der Waals surface area contributed by atoms with Crippen molar-refractivity contribution in [3.8, 4) is 5.75 Å². The van der Waals surface area contributed by atoms with Crippen LogP contribution >= 0.6 is 0 Å². The third-order valence-corrected chi connectivity index (χ3v) is 7.60. The summed E-state index contributed by atoms with van der Waals surface area (Å²) < 4.78 is 20.8. The molecule has 0 spiro atoms. The van der Waals surface area contributed by atoms with E-state index >= 15 is 0 Å². The molecule has 1 saturated heterocycles. The van der Waals surface area contributed by atoms with Crippen LogP contribution in [0.25, 0.3) is 0 Å². The van der Waals surface area contributed by atoms with Crippen LogP contribution in [0.4, 0.5) is 4.39 Å². The van der Waals surface area contributed by atoms with Crippen molar-refractivity contribution < 1.29 is 23.8 Å². The number of nitrogens with zero attached hydrogens (tertiary/aromatic N) is 2. The van der Waals surface area contributed by atoms with E-state index in [1.54, 1.807) is 42.2 Å². The van der Waals surface area contributed by atoms with Gasteiger partial charge in [-0.05, 0) is 74.2 Å². The zero-order valence-electron chi connectivity index (χ0n) is 22.2. The quantitative estimate of drug-likeness (QED) is 0.511. The second-order valence-corrected chi connectivity index (χ2v) is 10.4. The van der Waals surface area contributed by atoms with Crippen LogP contribution in [0.2, 0.25) is 0 Å². The summed E-state index contributed by atoms with van der Waals surface area (Å²) >= 11 is 0. The van der Waals surface area contributed by atoms with Gasteiger partial charge in [-0.15, -0.1) is 0 Å².